The van der Waals surface area contributed by atoms with Gasteiger partial charge in [-0.15, -0.1) is 0 Å². The van der Waals surface area contributed by atoms with Crippen LogP contribution in [0.2, 0.25) is 0 Å². The quantitative estimate of drug-likeness (QED) is 0.213. The van der Waals surface area contributed by atoms with E-state index in [1.807, 2.05) is 0 Å². The van der Waals surface area contributed by atoms with Crippen molar-refractivity contribution in [2.75, 3.05) is 79.2 Å². The van der Waals surface area contributed by atoms with Crippen molar-refractivity contribution < 1.29 is 43.5 Å². The minimum Gasteiger partial charge on any atom is -0.466 e. The minimum absolute atomic E-state index is 0.0460. The van der Waals surface area contributed by atoms with Gasteiger partial charge in [0.15, 0.2) is 0 Å². The SMILES string of the molecule is CC(=O)CCCOCCOCCO.CCOC(C)=O.NCCOCCOCCO. The van der Waals surface area contributed by atoms with Gasteiger partial charge in [0.2, 0.25) is 0 Å². The van der Waals surface area contributed by atoms with Gasteiger partial charge in [-0.05, 0) is 20.3 Å². The second kappa shape index (κ2) is 31.6. The molecule has 10 heteroatoms. The monoisotopic (exact) mass is 427 g/mol. The zero-order chi connectivity index (χ0) is 22.6. The number of esters is 1. The molecule has 0 aliphatic rings. The van der Waals surface area contributed by atoms with Gasteiger partial charge in [0, 0.05) is 26.5 Å². The highest BCUT2D eigenvalue weighted by Crippen LogP contribution is 1.91. The van der Waals surface area contributed by atoms with Gasteiger partial charge in [0.1, 0.15) is 5.78 Å². The van der Waals surface area contributed by atoms with Crippen molar-refractivity contribution in [1.29, 1.82) is 0 Å². The molecule has 0 unspecified atom stereocenters. The van der Waals surface area contributed by atoms with Gasteiger partial charge in [-0.1, -0.05) is 0 Å². The Labute approximate surface area is 174 Å². The summed E-state index contributed by atoms with van der Waals surface area (Å²) in [6.45, 7) is 9.90. The molecule has 0 aromatic carbocycles. The average molecular weight is 428 g/mol. The molecule has 29 heavy (non-hydrogen) atoms. The van der Waals surface area contributed by atoms with Gasteiger partial charge in [0.25, 0.3) is 0 Å². The number of carbonyl (C=O) groups is 2. The first-order chi connectivity index (χ1) is 14.0. The summed E-state index contributed by atoms with van der Waals surface area (Å²) in [5.74, 6) is -0.0161. The van der Waals surface area contributed by atoms with Crippen LogP contribution in [0, 0.1) is 0 Å². The summed E-state index contributed by atoms with van der Waals surface area (Å²) in [6.07, 6.45) is 1.35. The Bertz CT molecular complexity index is 323. The van der Waals surface area contributed by atoms with Gasteiger partial charge in [-0.2, -0.15) is 0 Å². The Morgan fingerprint density at radius 2 is 1.21 bits per heavy atom. The van der Waals surface area contributed by atoms with E-state index in [0.717, 1.165) is 6.42 Å². The zero-order valence-corrected chi connectivity index (χ0v) is 18.2. The van der Waals surface area contributed by atoms with Crippen LogP contribution < -0.4 is 5.73 Å². The summed E-state index contributed by atoms with van der Waals surface area (Å²) in [7, 11) is 0. The maximum atomic E-state index is 10.5. The molecule has 176 valence electrons. The van der Waals surface area contributed by atoms with Crippen LogP contribution in [-0.2, 0) is 33.3 Å². The highest BCUT2D eigenvalue weighted by molar-refractivity contribution is 5.75. The molecule has 0 radical (unpaired) electrons. The molecular formula is C19H41NO9. The second-order valence-corrected chi connectivity index (χ2v) is 5.42. The molecule has 0 aromatic rings. The van der Waals surface area contributed by atoms with Crippen molar-refractivity contribution in [3.05, 3.63) is 0 Å². The Morgan fingerprint density at radius 3 is 1.52 bits per heavy atom. The Morgan fingerprint density at radius 1 is 0.759 bits per heavy atom. The number of nitrogens with two attached hydrogens (primary N) is 1. The molecule has 4 N–H and O–H groups in total. The highest BCUT2D eigenvalue weighted by Gasteiger charge is 1.93. The van der Waals surface area contributed by atoms with Crippen LogP contribution in [-0.4, -0.2) is 101 Å². The van der Waals surface area contributed by atoms with E-state index in [-0.39, 0.29) is 25.0 Å². The van der Waals surface area contributed by atoms with Crippen LogP contribution in [0.25, 0.3) is 0 Å². The van der Waals surface area contributed by atoms with Crippen LogP contribution in [0.15, 0.2) is 0 Å². The van der Waals surface area contributed by atoms with E-state index in [2.05, 4.69) is 4.74 Å². The molecule has 0 aliphatic carbocycles. The minimum atomic E-state index is -0.211. The van der Waals surface area contributed by atoms with Crippen LogP contribution in [0.5, 0.6) is 0 Å². The predicted molar refractivity (Wildman–Crippen MR) is 109 cm³/mol. The van der Waals surface area contributed by atoms with Crippen LogP contribution in [0.4, 0.5) is 0 Å². The number of ether oxygens (including phenoxy) is 5. The molecule has 10 nitrogen and oxygen atoms in total. The molecule has 0 saturated heterocycles. The predicted octanol–water partition coefficient (Wildman–Crippen LogP) is -0.0789. The third-order valence-corrected chi connectivity index (χ3v) is 2.64. The molecule has 0 saturated carbocycles. The summed E-state index contributed by atoms with van der Waals surface area (Å²) in [5.41, 5.74) is 5.16. The normalized spacial score (nSPS) is 9.72. The molecule has 0 aromatic heterocycles. The Kier molecular flexibility index (Phi) is 35.4. The van der Waals surface area contributed by atoms with Crippen LogP contribution >= 0.6 is 0 Å². The summed E-state index contributed by atoms with van der Waals surface area (Å²) >= 11 is 0. The molecule has 0 rings (SSSR count). The fraction of sp³-hybridized carbons (Fsp3) is 0.895. The lowest BCUT2D eigenvalue weighted by Crippen LogP contribution is -2.12. The maximum Gasteiger partial charge on any atom is 0.302 e. The fourth-order valence-electron chi connectivity index (χ4n) is 1.48. The summed E-state index contributed by atoms with van der Waals surface area (Å²) < 4.78 is 24.5. The zero-order valence-electron chi connectivity index (χ0n) is 18.2. The van der Waals surface area contributed by atoms with E-state index in [1.165, 1.54) is 6.92 Å². The highest BCUT2D eigenvalue weighted by atomic mass is 16.5. The number of carbonyl (C=O) groups excluding carboxylic acids is 2. The molecular weight excluding hydrogens is 386 g/mol. The number of Topliss-reactive ketones (excluding diaryl/α,β-unsaturated/α-hetero) is 1. The van der Waals surface area contributed by atoms with Crippen LogP contribution in [0.3, 0.4) is 0 Å². The third kappa shape index (κ3) is 46.7. The van der Waals surface area contributed by atoms with Gasteiger partial charge in [0.05, 0.1) is 66.1 Å². The largest absolute Gasteiger partial charge is 0.466 e. The lowest BCUT2D eigenvalue weighted by Gasteiger charge is -2.03. The van der Waals surface area contributed by atoms with E-state index < -0.39 is 0 Å². The number of rotatable bonds is 17. The second-order valence-electron chi connectivity index (χ2n) is 5.42. The number of hydrogen-bond acceptors (Lipinski definition) is 10. The molecule has 0 bridgehead atoms. The molecule has 0 amide bonds. The van der Waals surface area contributed by atoms with E-state index in [4.69, 9.17) is 34.9 Å². The summed E-state index contributed by atoms with van der Waals surface area (Å²) in [5, 5.41) is 16.6. The maximum absolute atomic E-state index is 10.5. The lowest BCUT2D eigenvalue weighted by molar-refractivity contribution is -0.140. The van der Waals surface area contributed by atoms with Crippen molar-refractivity contribution in [1.82, 2.24) is 0 Å². The first kappa shape index (κ1) is 32.5. The third-order valence-electron chi connectivity index (χ3n) is 2.64. The standard InChI is InChI=1S/C9H18O4.C6H15NO3.C4H8O2/c1-9(11)3-2-5-12-7-8-13-6-4-10;7-1-3-9-5-6-10-4-2-8;1-3-6-4(2)5/h10H,2-8H2,1H3;8H,1-7H2;3H2,1-2H3. The van der Waals surface area contributed by atoms with Gasteiger partial charge in [-0.25, -0.2) is 0 Å². The summed E-state index contributed by atoms with van der Waals surface area (Å²) in [4.78, 5) is 20.3. The molecule has 0 heterocycles. The lowest BCUT2D eigenvalue weighted by atomic mass is 10.2. The van der Waals surface area contributed by atoms with Gasteiger partial charge < -0.3 is 44.4 Å². The van der Waals surface area contributed by atoms with E-state index in [0.29, 0.717) is 72.4 Å². The van der Waals surface area contributed by atoms with Crippen LogP contribution in [0.1, 0.15) is 33.6 Å². The molecule has 0 spiro atoms. The number of aliphatic hydroxyl groups excluding tert-OH is 2. The molecule has 0 atom stereocenters. The first-order valence-corrected chi connectivity index (χ1v) is 9.81. The van der Waals surface area contributed by atoms with Gasteiger partial charge >= 0.3 is 5.97 Å². The average Bonchev–Trinajstić information content (AvgIpc) is 2.67. The fourth-order valence-corrected chi connectivity index (χ4v) is 1.48. The van der Waals surface area contributed by atoms with Crippen molar-refractivity contribution in [3.63, 3.8) is 0 Å². The van der Waals surface area contributed by atoms with E-state index in [1.54, 1.807) is 13.8 Å². The topological polar surface area (TPSA) is 147 Å². The number of ketones is 1. The number of hydrogen-bond donors (Lipinski definition) is 3. The van der Waals surface area contributed by atoms with Crippen molar-refractivity contribution in [3.8, 4) is 0 Å². The van der Waals surface area contributed by atoms with Crippen molar-refractivity contribution in [2.24, 2.45) is 5.73 Å². The molecule has 0 fully saturated rings. The van der Waals surface area contributed by atoms with Gasteiger partial charge in [-0.3, -0.25) is 4.79 Å². The van der Waals surface area contributed by atoms with E-state index in [9.17, 15) is 9.59 Å². The summed E-state index contributed by atoms with van der Waals surface area (Å²) in [6, 6.07) is 0. The smallest absolute Gasteiger partial charge is 0.302 e. The molecule has 0 aliphatic heterocycles. The van der Waals surface area contributed by atoms with Crippen molar-refractivity contribution in [2.45, 2.75) is 33.6 Å². The van der Waals surface area contributed by atoms with E-state index >= 15 is 0 Å². The number of aliphatic hydroxyl groups is 2. The first-order valence-electron chi connectivity index (χ1n) is 9.81. The Hall–Kier alpha value is -1.14. The Balaban J connectivity index is -0.000000375. The van der Waals surface area contributed by atoms with Crippen molar-refractivity contribution >= 4 is 11.8 Å².